The van der Waals surface area contributed by atoms with Crippen LogP contribution in [0, 0.1) is 6.92 Å². The Labute approximate surface area is 143 Å². The summed E-state index contributed by atoms with van der Waals surface area (Å²) in [6.45, 7) is 2.02. The van der Waals surface area contributed by atoms with Crippen molar-refractivity contribution in [2.45, 2.75) is 6.92 Å². The van der Waals surface area contributed by atoms with E-state index < -0.39 is 0 Å². The van der Waals surface area contributed by atoms with E-state index in [-0.39, 0.29) is 0 Å². The number of aryl methyl sites for hydroxylation is 1. The summed E-state index contributed by atoms with van der Waals surface area (Å²) in [5, 5.41) is 4.06. The SMILES string of the molecule is Cc1cccc(-c2noc(-c3ccc(-c4ccc(C=O)o4)cc3)n2)c1. The highest BCUT2D eigenvalue weighted by atomic mass is 16.5. The third kappa shape index (κ3) is 2.99. The average Bonchev–Trinajstić information content (AvgIpc) is 3.31. The van der Waals surface area contributed by atoms with Gasteiger partial charge >= 0.3 is 0 Å². The summed E-state index contributed by atoms with van der Waals surface area (Å²) < 4.78 is 10.8. The molecule has 4 aromatic rings. The molecule has 0 aliphatic carbocycles. The molecule has 2 heterocycles. The Morgan fingerprint density at radius 1 is 0.920 bits per heavy atom. The minimum absolute atomic E-state index is 0.304. The first-order chi connectivity index (χ1) is 12.2. The van der Waals surface area contributed by atoms with Gasteiger partial charge in [0.2, 0.25) is 5.82 Å². The van der Waals surface area contributed by atoms with Gasteiger partial charge in [-0.1, -0.05) is 41.1 Å². The van der Waals surface area contributed by atoms with Gasteiger partial charge in [0.1, 0.15) is 5.76 Å². The molecular formula is C20H14N2O3. The molecule has 2 aromatic heterocycles. The van der Waals surface area contributed by atoms with E-state index in [0.29, 0.717) is 29.5 Å². The lowest BCUT2D eigenvalue weighted by Gasteiger charge is -1.98. The van der Waals surface area contributed by atoms with E-state index in [1.165, 1.54) is 0 Å². The van der Waals surface area contributed by atoms with Crippen LogP contribution < -0.4 is 0 Å². The number of carbonyl (C=O) groups excluding carboxylic acids is 1. The van der Waals surface area contributed by atoms with Crippen molar-refractivity contribution < 1.29 is 13.7 Å². The molecule has 122 valence electrons. The van der Waals surface area contributed by atoms with Gasteiger partial charge in [0.05, 0.1) is 0 Å². The highest BCUT2D eigenvalue weighted by Crippen LogP contribution is 2.27. The summed E-state index contributed by atoms with van der Waals surface area (Å²) in [4.78, 5) is 15.2. The third-order valence-corrected chi connectivity index (χ3v) is 3.86. The number of rotatable bonds is 4. The predicted octanol–water partition coefficient (Wildman–Crippen LogP) is 4.78. The Balaban J connectivity index is 1.61. The second kappa shape index (κ2) is 6.20. The molecule has 0 N–H and O–H groups in total. The number of furan rings is 1. The van der Waals surface area contributed by atoms with Crippen LogP contribution in [0.25, 0.3) is 34.2 Å². The van der Waals surface area contributed by atoms with Crippen LogP contribution in [0.4, 0.5) is 0 Å². The highest BCUT2D eigenvalue weighted by molar-refractivity contribution is 5.73. The zero-order valence-corrected chi connectivity index (χ0v) is 13.5. The van der Waals surface area contributed by atoms with Gasteiger partial charge in [0.15, 0.2) is 12.0 Å². The number of carbonyl (C=O) groups is 1. The lowest BCUT2D eigenvalue weighted by Crippen LogP contribution is -1.82. The number of nitrogens with zero attached hydrogens (tertiary/aromatic N) is 2. The van der Waals surface area contributed by atoms with Crippen molar-refractivity contribution in [2.24, 2.45) is 0 Å². The van der Waals surface area contributed by atoms with Crippen molar-refractivity contribution in [3.8, 4) is 34.2 Å². The minimum atomic E-state index is 0.304. The van der Waals surface area contributed by atoms with Crippen LogP contribution in [0.3, 0.4) is 0 Å². The fraction of sp³-hybridized carbons (Fsp3) is 0.0500. The maximum atomic E-state index is 10.7. The zero-order valence-electron chi connectivity index (χ0n) is 13.5. The summed E-state index contributed by atoms with van der Waals surface area (Å²) in [6.07, 6.45) is 0.684. The van der Waals surface area contributed by atoms with Crippen molar-refractivity contribution in [1.29, 1.82) is 0 Å². The Morgan fingerprint density at radius 2 is 1.72 bits per heavy atom. The summed E-state index contributed by atoms with van der Waals surface area (Å²) in [7, 11) is 0. The molecule has 5 nitrogen and oxygen atoms in total. The molecular weight excluding hydrogens is 316 g/mol. The molecule has 0 bridgehead atoms. The molecule has 4 rings (SSSR count). The standard InChI is InChI=1S/C20H14N2O3/c1-13-3-2-4-16(11-13)19-21-20(25-22-19)15-7-5-14(6-8-15)18-10-9-17(12-23)24-18/h2-12H,1H3. The van der Waals surface area contributed by atoms with Crippen molar-refractivity contribution in [3.63, 3.8) is 0 Å². The molecule has 0 aliphatic heterocycles. The van der Waals surface area contributed by atoms with Gasteiger partial charge in [0, 0.05) is 16.7 Å². The number of benzene rings is 2. The van der Waals surface area contributed by atoms with Crippen LogP contribution in [0.5, 0.6) is 0 Å². The fourth-order valence-electron chi connectivity index (χ4n) is 2.59. The van der Waals surface area contributed by atoms with Crippen LogP contribution in [-0.4, -0.2) is 16.4 Å². The van der Waals surface area contributed by atoms with Crippen molar-refractivity contribution >= 4 is 6.29 Å². The predicted molar refractivity (Wildman–Crippen MR) is 93.0 cm³/mol. The second-order valence-electron chi connectivity index (χ2n) is 5.69. The molecule has 2 aromatic carbocycles. The molecule has 0 aliphatic rings. The van der Waals surface area contributed by atoms with E-state index in [0.717, 1.165) is 22.3 Å². The van der Waals surface area contributed by atoms with Crippen molar-refractivity contribution in [1.82, 2.24) is 10.1 Å². The number of aldehydes is 1. The number of hydrogen-bond donors (Lipinski definition) is 0. The minimum Gasteiger partial charge on any atom is -0.453 e. The maximum Gasteiger partial charge on any atom is 0.258 e. The van der Waals surface area contributed by atoms with Gasteiger partial charge in [0.25, 0.3) is 5.89 Å². The van der Waals surface area contributed by atoms with E-state index in [2.05, 4.69) is 10.1 Å². The van der Waals surface area contributed by atoms with Crippen LogP contribution >= 0.6 is 0 Å². The van der Waals surface area contributed by atoms with E-state index >= 15 is 0 Å². The summed E-state index contributed by atoms with van der Waals surface area (Å²) in [6, 6.07) is 18.9. The molecule has 0 amide bonds. The highest BCUT2D eigenvalue weighted by Gasteiger charge is 2.11. The lowest BCUT2D eigenvalue weighted by atomic mass is 10.1. The van der Waals surface area contributed by atoms with E-state index in [4.69, 9.17) is 8.94 Å². The molecule has 25 heavy (non-hydrogen) atoms. The summed E-state index contributed by atoms with van der Waals surface area (Å²) in [5.41, 5.74) is 3.75. The number of aromatic nitrogens is 2. The lowest BCUT2D eigenvalue weighted by molar-refractivity contribution is 0.110. The molecule has 0 saturated carbocycles. The van der Waals surface area contributed by atoms with Crippen molar-refractivity contribution in [2.75, 3.05) is 0 Å². The smallest absolute Gasteiger partial charge is 0.258 e. The first-order valence-electron chi connectivity index (χ1n) is 7.79. The normalized spacial score (nSPS) is 10.8. The van der Waals surface area contributed by atoms with Gasteiger partial charge in [-0.3, -0.25) is 4.79 Å². The Kier molecular flexibility index (Phi) is 3.74. The van der Waals surface area contributed by atoms with Gasteiger partial charge in [-0.2, -0.15) is 4.98 Å². The fourth-order valence-corrected chi connectivity index (χ4v) is 2.59. The largest absolute Gasteiger partial charge is 0.453 e. The van der Waals surface area contributed by atoms with E-state index in [1.807, 2.05) is 55.5 Å². The average molecular weight is 330 g/mol. The Hall–Kier alpha value is -3.47. The molecule has 0 saturated heterocycles. The van der Waals surface area contributed by atoms with Gasteiger partial charge in [-0.15, -0.1) is 0 Å². The number of hydrogen-bond acceptors (Lipinski definition) is 5. The quantitative estimate of drug-likeness (QED) is 0.503. The van der Waals surface area contributed by atoms with Crippen LogP contribution in [0.2, 0.25) is 0 Å². The van der Waals surface area contributed by atoms with Gasteiger partial charge < -0.3 is 8.94 Å². The Bertz CT molecular complexity index is 1030. The first-order valence-corrected chi connectivity index (χ1v) is 7.79. The molecule has 5 heteroatoms. The maximum absolute atomic E-state index is 10.7. The van der Waals surface area contributed by atoms with Crippen molar-refractivity contribution in [3.05, 3.63) is 72.0 Å². The van der Waals surface area contributed by atoms with Crippen LogP contribution in [0.1, 0.15) is 16.1 Å². The molecule has 0 unspecified atom stereocenters. The zero-order chi connectivity index (χ0) is 17.2. The second-order valence-corrected chi connectivity index (χ2v) is 5.69. The van der Waals surface area contributed by atoms with Gasteiger partial charge in [-0.05, 0) is 37.3 Å². The van der Waals surface area contributed by atoms with E-state index in [1.54, 1.807) is 12.1 Å². The van der Waals surface area contributed by atoms with E-state index in [9.17, 15) is 4.79 Å². The first kappa shape index (κ1) is 15.1. The monoisotopic (exact) mass is 330 g/mol. The topological polar surface area (TPSA) is 69.1 Å². The van der Waals surface area contributed by atoms with Gasteiger partial charge in [-0.25, -0.2) is 0 Å². The summed E-state index contributed by atoms with van der Waals surface area (Å²) in [5.74, 6) is 1.96. The molecule has 0 spiro atoms. The third-order valence-electron chi connectivity index (χ3n) is 3.86. The molecule has 0 fully saturated rings. The van der Waals surface area contributed by atoms with Crippen LogP contribution in [0.15, 0.2) is 69.6 Å². The molecule has 0 atom stereocenters. The Morgan fingerprint density at radius 3 is 2.44 bits per heavy atom. The summed E-state index contributed by atoms with van der Waals surface area (Å²) >= 11 is 0. The molecule has 0 radical (unpaired) electrons. The van der Waals surface area contributed by atoms with Crippen LogP contribution in [-0.2, 0) is 0 Å².